The fourth-order valence-corrected chi connectivity index (χ4v) is 8.03. The molecule has 1 heteroatoms. The monoisotopic (exact) mass is 584 g/mol. The number of furan rings is 1. The Bertz CT molecular complexity index is 2570. The van der Waals surface area contributed by atoms with E-state index in [9.17, 15) is 0 Å². The van der Waals surface area contributed by atoms with E-state index in [-0.39, 0.29) is 5.92 Å². The number of para-hydroxylation sites is 1. The van der Waals surface area contributed by atoms with Gasteiger partial charge in [-0.05, 0) is 72.6 Å². The molecule has 1 aliphatic carbocycles. The highest BCUT2D eigenvalue weighted by Crippen LogP contribution is 2.51. The van der Waals surface area contributed by atoms with Gasteiger partial charge < -0.3 is 4.42 Å². The maximum absolute atomic E-state index is 6.96. The molecular weight excluding hydrogens is 556 g/mol. The SMILES string of the molecule is c1ccc(-c2c3ccccc3c(-c3cccc4c3oc3cc5c(cc34)-c3ccccc3C5c3ccccc3)c3ccccc23)cc1. The van der Waals surface area contributed by atoms with Crippen molar-refractivity contribution in [1.29, 1.82) is 0 Å². The van der Waals surface area contributed by atoms with Crippen LogP contribution in [0.3, 0.4) is 0 Å². The van der Waals surface area contributed by atoms with Crippen molar-refractivity contribution >= 4 is 43.5 Å². The van der Waals surface area contributed by atoms with Crippen molar-refractivity contribution in [2.45, 2.75) is 5.92 Å². The highest BCUT2D eigenvalue weighted by molar-refractivity contribution is 6.24. The Kier molecular flexibility index (Phi) is 5.41. The maximum atomic E-state index is 6.96. The lowest BCUT2D eigenvalue weighted by Crippen LogP contribution is -1.98. The van der Waals surface area contributed by atoms with E-state index in [1.807, 2.05) is 0 Å². The predicted molar refractivity (Wildman–Crippen MR) is 192 cm³/mol. The highest BCUT2D eigenvalue weighted by Gasteiger charge is 2.31. The normalized spacial score (nSPS) is 13.9. The van der Waals surface area contributed by atoms with E-state index in [2.05, 4.69) is 164 Å². The van der Waals surface area contributed by atoms with Gasteiger partial charge in [-0.25, -0.2) is 0 Å². The molecule has 1 aliphatic rings. The van der Waals surface area contributed by atoms with Gasteiger partial charge in [0.15, 0.2) is 0 Å². The molecule has 0 saturated heterocycles. The quantitative estimate of drug-likeness (QED) is 0.188. The molecule has 0 radical (unpaired) electrons. The number of rotatable bonds is 3. The second kappa shape index (κ2) is 9.79. The summed E-state index contributed by atoms with van der Waals surface area (Å²) in [7, 11) is 0. The highest BCUT2D eigenvalue weighted by atomic mass is 16.3. The van der Waals surface area contributed by atoms with E-state index in [1.54, 1.807) is 0 Å². The van der Waals surface area contributed by atoms with E-state index in [4.69, 9.17) is 4.42 Å². The third-order valence-electron chi connectivity index (χ3n) is 9.94. The number of fused-ring (bicyclic) bond motifs is 8. The van der Waals surface area contributed by atoms with Crippen LogP contribution in [0.4, 0.5) is 0 Å². The molecule has 214 valence electrons. The first-order chi connectivity index (χ1) is 22.8. The third-order valence-corrected chi connectivity index (χ3v) is 9.94. The molecule has 0 N–H and O–H groups in total. The molecule has 1 nitrogen and oxygen atoms in total. The predicted octanol–water partition coefficient (Wildman–Crippen LogP) is 12.4. The molecular formula is C45H28O. The van der Waals surface area contributed by atoms with Crippen molar-refractivity contribution in [2.24, 2.45) is 0 Å². The number of hydrogen-bond donors (Lipinski definition) is 0. The maximum Gasteiger partial charge on any atom is 0.143 e. The average molecular weight is 585 g/mol. The van der Waals surface area contributed by atoms with E-state index < -0.39 is 0 Å². The van der Waals surface area contributed by atoms with Crippen LogP contribution >= 0.6 is 0 Å². The van der Waals surface area contributed by atoms with Crippen molar-refractivity contribution in [1.82, 2.24) is 0 Å². The van der Waals surface area contributed by atoms with Crippen LogP contribution in [0.2, 0.25) is 0 Å². The molecule has 1 atom stereocenters. The fraction of sp³-hybridized carbons (Fsp3) is 0.0222. The van der Waals surface area contributed by atoms with Gasteiger partial charge in [0.25, 0.3) is 0 Å². The van der Waals surface area contributed by atoms with Crippen molar-refractivity contribution in [3.63, 3.8) is 0 Å². The molecule has 9 aromatic rings. The average Bonchev–Trinajstić information content (AvgIpc) is 3.65. The molecule has 0 fully saturated rings. The molecule has 46 heavy (non-hydrogen) atoms. The molecule has 8 aromatic carbocycles. The van der Waals surface area contributed by atoms with Crippen molar-refractivity contribution in [3.8, 4) is 33.4 Å². The van der Waals surface area contributed by atoms with Gasteiger partial charge in [-0.1, -0.05) is 152 Å². The van der Waals surface area contributed by atoms with Gasteiger partial charge in [0, 0.05) is 27.8 Å². The number of benzene rings is 8. The van der Waals surface area contributed by atoms with Crippen molar-refractivity contribution < 1.29 is 4.42 Å². The lowest BCUT2D eigenvalue weighted by molar-refractivity contribution is 0.669. The van der Waals surface area contributed by atoms with Crippen LogP contribution in [0, 0.1) is 0 Å². The van der Waals surface area contributed by atoms with E-state index >= 15 is 0 Å². The molecule has 10 rings (SSSR count). The van der Waals surface area contributed by atoms with Crippen LogP contribution in [0.1, 0.15) is 22.6 Å². The summed E-state index contributed by atoms with van der Waals surface area (Å²) < 4.78 is 6.96. The van der Waals surface area contributed by atoms with Crippen LogP contribution in [0.25, 0.3) is 76.9 Å². The van der Waals surface area contributed by atoms with Crippen LogP contribution in [0.5, 0.6) is 0 Å². The van der Waals surface area contributed by atoms with Crippen molar-refractivity contribution in [3.05, 3.63) is 180 Å². The summed E-state index contributed by atoms with van der Waals surface area (Å²) in [5.41, 5.74) is 13.3. The minimum absolute atomic E-state index is 0.183. The summed E-state index contributed by atoms with van der Waals surface area (Å²) in [6.07, 6.45) is 0. The van der Waals surface area contributed by atoms with Gasteiger partial charge in [0.2, 0.25) is 0 Å². The first-order valence-corrected chi connectivity index (χ1v) is 16.0. The second-order valence-electron chi connectivity index (χ2n) is 12.4. The van der Waals surface area contributed by atoms with Gasteiger partial charge in [0.05, 0.1) is 0 Å². The summed E-state index contributed by atoms with van der Waals surface area (Å²) in [6, 6.07) is 59.5. The Balaban J connectivity index is 1.27. The number of hydrogen-bond acceptors (Lipinski definition) is 1. The van der Waals surface area contributed by atoms with Gasteiger partial charge in [-0.3, -0.25) is 0 Å². The minimum Gasteiger partial charge on any atom is -0.455 e. The minimum atomic E-state index is 0.183. The smallest absolute Gasteiger partial charge is 0.143 e. The summed E-state index contributed by atoms with van der Waals surface area (Å²) in [4.78, 5) is 0. The summed E-state index contributed by atoms with van der Waals surface area (Å²) >= 11 is 0. The fourth-order valence-electron chi connectivity index (χ4n) is 8.03. The second-order valence-corrected chi connectivity index (χ2v) is 12.4. The topological polar surface area (TPSA) is 13.1 Å². The zero-order valence-electron chi connectivity index (χ0n) is 25.1. The molecule has 0 bridgehead atoms. The van der Waals surface area contributed by atoms with Crippen LogP contribution in [0.15, 0.2) is 168 Å². The van der Waals surface area contributed by atoms with Crippen LogP contribution in [-0.2, 0) is 0 Å². The standard InChI is InChI=1S/C45H28O/c1-3-14-28(15-4-1)42-32-20-9-11-22-34(32)44(35-23-12-10-21-33(35)42)37-25-13-24-36-39-26-38-30-18-7-8-19-31(30)43(29-16-5-2-6-17-29)40(38)27-41(39)46-45(36)37/h1-27,43H. The molecule has 0 spiro atoms. The molecule has 0 saturated carbocycles. The summed E-state index contributed by atoms with van der Waals surface area (Å²) in [5, 5.41) is 7.26. The Morgan fingerprint density at radius 2 is 0.935 bits per heavy atom. The van der Waals surface area contributed by atoms with Gasteiger partial charge in [-0.2, -0.15) is 0 Å². The summed E-state index contributed by atoms with van der Waals surface area (Å²) in [5.74, 6) is 0.183. The van der Waals surface area contributed by atoms with Crippen molar-refractivity contribution in [2.75, 3.05) is 0 Å². The first kappa shape index (κ1) is 25.4. The lowest BCUT2D eigenvalue weighted by atomic mass is 9.85. The van der Waals surface area contributed by atoms with E-state index in [1.165, 1.54) is 66.1 Å². The van der Waals surface area contributed by atoms with Crippen LogP contribution < -0.4 is 0 Å². The third kappa shape index (κ3) is 3.57. The first-order valence-electron chi connectivity index (χ1n) is 16.0. The Morgan fingerprint density at radius 3 is 1.65 bits per heavy atom. The Hall–Kier alpha value is -5.92. The van der Waals surface area contributed by atoms with Crippen LogP contribution in [-0.4, -0.2) is 0 Å². The lowest BCUT2D eigenvalue weighted by Gasteiger charge is -2.17. The zero-order valence-corrected chi connectivity index (χ0v) is 25.1. The summed E-state index contributed by atoms with van der Waals surface area (Å²) in [6.45, 7) is 0. The molecule has 1 unspecified atom stereocenters. The van der Waals surface area contributed by atoms with Gasteiger partial charge >= 0.3 is 0 Å². The largest absolute Gasteiger partial charge is 0.455 e. The van der Waals surface area contributed by atoms with E-state index in [0.29, 0.717) is 0 Å². The molecule has 0 amide bonds. The zero-order chi connectivity index (χ0) is 30.2. The van der Waals surface area contributed by atoms with E-state index in [0.717, 1.165) is 27.5 Å². The molecule has 0 aliphatic heterocycles. The van der Waals surface area contributed by atoms with Gasteiger partial charge in [-0.15, -0.1) is 0 Å². The molecule has 1 aromatic heterocycles. The Morgan fingerprint density at radius 1 is 0.370 bits per heavy atom. The molecule has 1 heterocycles. The Labute approximate surface area is 267 Å². The van der Waals surface area contributed by atoms with Gasteiger partial charge in [0.1, 0.15) is 11.2 Å².